The maximum atomic E-state index is 10.8. The van der Waals surface area contributed by atoms with Crippen molar-refractivity contribution in [2.24, 2.45) is 11.8 Å². The van der Waals surface area contributed by atoms with E-state index >= 15 is 0 Å². The normalized spacial score (nSPS) is 30.3. The van der Waals surface area contributed by atoms with E-state index in [1.807, 2.05) is 0 Å². The average molecular weight is 186 g/mol. The third kappa shape index (κ3) is 2.44. The number of hydrogen-bond donors (Lipinski definition) is 1. The molecule has 0 radical (unpaired) electrons. The molecule has 1 rings (SSSR count). The Kier molecular flexibility index (Phi) is 3.72. The molecule has 3 atom stereocenters. The van der Waals surface area contributed by atoms with Crippen LogP contribution in [0.1, 0.15) is 33.1 Å². The lowest BCUT2D eigenvalue weighted by Gasteiger charge is -2.21. The van der Waals surface area contributed by atoms with Crippen LogP contribution in [0.25, 0.3) is 0 Å². The summed E-state index contributed by atoms with van der Waals surface area (Å²) in [5, 5.41) is 8.92. The topological polar surface area (TPSA) is 46.5 Å². The van der Waals surface area contributed by atoms with E-state index in [0.717, 1.165) is 12.8 Å². The monoisotopic (exact) mass is 186 g/mol. The molecular weight excluding hydrogens is 168 g/mol. The molecule has 13 heavy (non-hydrogen) atoms. The molecular formula is C10H18O3. The zero-order valence-electron chi connectivity index (χ0n) is 8.32. The van der Waals surface area contributed by atoms with Gasteiger partial charge in [0, 0.05) is 6.61 Å². The molecule has 0 saturated carbocycles. The molecule has 1 aliphatic rings. The van der Waals surface area contributed by atoms with Crippen LogP contribution in [0.3, 0.4) is 0 Å². The van der Waals surface area contributed by atoms with E-state index < -0.39 is 5.97 Å². The molecule has 1 saturated heterocycles. The van der Waals surface area contributed by atoms with Crippen molar-refractivity contribution in [2.75, 3.05) is 6.61 Å². The van der Waals surface area contributed by atoms with Crippen LogP contribution in [0, 0.1) is 11.8 Å². The lowest BCUT2D eigenvalue weighted by atomic mass is 9.89. The Morgan fingerprint density at radius 1 is 1.69 bits per heavy atom. The Morgan fingerprint density at radius 3 is 2.92 bits per heavy atom. The highest BCUT2D eigenvalue weighted by molar-refractivity contribution is 5.71. The highest BCUT2D eigenvalue weighted by Crippen LogP contribution is 2.29. The van der Waals surface area contributed by atoms with Crippen molar-refractivity contribution >= 4 is 5.97 Å². The van der Waals surface area contributed by atoms with E-state index in [2.05, 4.69) is 13.8 Å². The van der Waals surface area contributed by atoms with Crippen LogP contribution >= 0.6 is 0 Å². The predicted octanol–water partition coefficient (Wildman–Crippen LogP) is 1.91. The van der Waals surface area contributed by atoms with Gasteiger partial charge in [0.05, 0.1) is 12.0 Å². The first-order valence-corrected chi connectivity index (χ1v) is 5.01. The molecule has 0 aliphatic carbocycles. The van der Waals surface area contributed by atoms with Gasteiger partial charge in [0.1, 0.15) is 0 Å². The minimum atomic E-state index is -0.703. The minimum absolute atomic E-state index is 0.0579. The minimum Gasteiger partial charge on any atom is -0.481 e. The van der Waals surface area contributed by atoms with Crippen LogP contribution < -0.4 is 0 Å². The first-order chi connectivity index (χ1) is 6.16. The van der Waals surface area contributed by atoms with Gasteiger partial charge in [0.25, 0.3) is 0 Å². The number of carboxylic acid groups (broad SMARTS) is 1. The van der Waals surface area contributed by atoms with Gasteiger partial charge in [-0.15, -0.1) is 0 Å². The summed E-state index contributed by atoms with van der Waals surface area (Å²) in [6, 6.07) is 0. The van der Waals surface area contributed by atoms with Crippen molar-refractivity contribution in [2.45, 2.75) is 39.2 Å². The van der Waals surface area contributed by atoms with E-state index in [4.69, 9.17) is 9.84 Å². The van der Waals surface area contributed by atoms with Crippen molar-refractivity contribution in [3.8, 4) is 0 Å². The fourth-order valence-corrected chi connectivity index (χ4v) is 2.06. The number of rotatable bonds is 4. The summed E-state index contributed by atoms with van der Waals surface area (Å²) in [6.45, 7) is 4.80. The Hall–Kier alpha value is -0.570. The molecule has 1 heterocycles. The Morgan fingerprint density at radius 2 is 2.38 bits per heavy atom. The second kappa shape index (κ2) is 4.61. The maximum absolute atomic E-state index is 10.8. The average Bonchev–Trinajstić information content (AvgIpc) is 2.52. The van der Waals surface area contributed by atoms with Crippen molar-refractivity contribution < 1.29 is 14.6 Å². The number of carbonyl (C=O) groups is 1. The Labute approximate surface area is 79.1 Å². The number of aliphatic carboxylic acids is 1. The second-order valence-corrected chi connectivity index (χ2v) is 3.83. The molecule has 3 unspecified atom stereocenters. The van der Waals surface area contributed by atoms with Gasteiger partial charge in [-0.2, -0.15) is 0 Å². The van der Waals surface area contributed by atoms with Gasteiger partial charge in [-0.3, -0.25) is 4.79 Å². The fraction of sp³-hybridized carbons (Fsp3) is 0.900. The SMILES string of the molecule is CCCC(C)C1OCCC1C(=O)O. The third-order valence-corrected chi connectivity index (χ3v) is 2.76. The van der Waals surface area contributed by atoms with Gasteiger partial charge in [-0.1, -0.05) is 20.3 Å². The standard InChI is InChI=1S/C10H18O3/c1-3-4-7(2)9-8(10(11)12)5-6-13-9/h7-9H,3-6H2,1-2H3,(H,11,12). The molecule has 0 amide bonds. The third-order valence-electron chi connectivity index (χ3n) is 2.76. The molecule has 76 valence electrons. The Balaban J connectivity index is 2.52. The molecule has 3 heteroatoms. The van der Waals surface area contributed by atoms with E-state index in [1.165, 1.54) is 0 Å². The van der Waals surface area contributed by atoms with E-state index in [1.54, 1.807) is 0 Å². The molecule has 0 aromatic heterocycles. The summed E-state index contributed by atoms with van der Waals surface area (Å²) in [4.78, 5) is 10.8. The summed E-state index contributed by atoms with van der Waals surface area (Å²) >= 11 is 0. The maximum Gasteiger partial charge on any atom is 0.309 e. The molecule has 0 aromatic carbocycles. The van der Waals surface area contributed by atoms with Crippen molar-refractivity contribution in [3.63, 3.8) is 0 Å². The van der Waals surface area contributed by atoms with Crippen LogP contribution in [-0.4, -0.2) is 23.8 Å². The quantitative estimate of drug-likeness (QED) is 0.729. The molecule has 0 aromatic rings. The van der Waals surface area contributed by atoms with Crippen LogP contribution in [0.15, 0.2) is 0 Å². The molecule has 1 N–H and O–H groups in total. The number of hydrogen-bond acceptors (Lipinski definition) is 2. The summed E-state index contributed by atoms with van der Waals surface area (Å²) < 4.78 is 5.46. The summed E-state index contributed by atoms with van der Waals surface area (Å²) in [5.74, 6) is -0.611. The van der Waals surface area contributed by atoms with Gasteiger partial charge in [-0.25, -0.2) is 0 Å². The smallest absolute Gasteiger partial charge is 0.309 e. The highest BCUT2D eigenvalue weighted by Gasteiger charge is 2.36. The lowest BCUT2D eigenvalue weighted by Crippen LogP contribution is -2.29. The zero-order valence-corrected chi connectivity index (χ0v) is 8.32. The van der Waals surface area contributed by atoms with Crippen LogP contribution in [0.4, 0.5) is 0 Å². The first kappa shape index (κ1) is 10.5. The molecule has 0 bridgehead atoms. The molecule has 1 fully saturated rings. The van der Waals surface area contributed by atoms with Gasteiger partial charge in [0.2, 0.25) is 0 Å². The van der Waals surface area contributed by atoms with Gasteiger partial charge < -0.3 is 9.84 Å². The molecule has 1 aliphatic heterocycles. The lowest BCUT2D eigenvalue weighted by molar-refractivity contribution is -0.144. The number of ether oxygens (including phenoxy) is 1. The second-order valence-electron chi connectivity index (χ2n) is 3.83. The number of carboxylic acids is 1. The van der Waals surface area contributed by atoms with Crippen molar-refractivity contribution in [1.82, 2.24) is 0 Å². The Bertz CT molecular complexity index is 179. The largest absolute Gasteiger partial charge is 0.481 e. The van der Waals surface area contributed by atoms with E-state index in [-0.39, 0.29) is 12.0 Å². The van der Waals surface area contributed by atoms with E-state index in [9.17, 15) is 4.79 Å². The molecule has 3 nitrogen and oxygen atoms in total. The predicted molar refractivity (Wildman–Crippen MR) is 49.6 cm³/mol. The first-order valence-electron chi connectivity index (χ1n) is 5.01. The summed E-state index contributed by atoms with van der Waals surface area (Å²) in [7, 11) is 0. The van der Waals surface area contributed by atoms with Gasteiger partial charge >= 0.3 is 5.97 Å². The van der Waals surface area contributed by atoms with Gasteiger partial charge in [0.15, 0.2) is 0 Å². The fourth-order valence-electron chi connectivity index (χ4n) is 2.06. The van der Waals surface area contributed by atoms with Crippen molar-refractivity contribution in [3.05, 3.63) is 0 Å². The zero-order chi connectivity index (χ0) is 9.84. The molecule has 0 spiro atoms. The van der Waals surface area contributed by atoms with Crippen LogP contribution in [0.5, 0.6) is 0 Å². The van der Waals surface area contributed by atoms with E-state index in [0.29, 0.717) is 18.9 Å². The summed E-state index contributed by atoms with van der Waals surface area (Å²) in [5.41, 5.74) is 0. The van der Waals surface area contributed by atoms with Crippen LogP contribution in [-0.2, 0) is 9.53 Å². The summed E-state index contributed by atoms with van der Waals surface area (Å²) in [6.07, 6.45) is 2.76. The van der Waals surface area contributed by atoms with Crippen molar-refractivity contribution in [1.29, 1.82) is 0 Å². The van der Waals surface area contributed by atoms with Crippen LogP contribution in [0.2, 0.25) is 0 Å². The van der Waals surface area contributed by atoms with Gasteiger partial charge in [-0.05, 0) is 18.8 Å². The highest BCUT2D eigenvalue weighted by atomic mass is 16.5.